The molecule has 0 spiro atoms. The Morgan fingerprint density at radius 1 is 1.27 bits per heavy atom. The summed E-state index contributed by atoms with van der Waals surface area (Å²) in [5, 5.41) is 10.9. The number of ether oxygens (including phenoxy) is 2. The number of hydrogen-bond acceptors (Lipinski definition) is 7. The molecule has 10 heteroatoms. The first kappa shape index (κ1) is 21.5. The minimum Gasteiger partial charge on any atom is -0.489 e. The monoisotopic (exact) mass is 447 g/mol. The standard InChI is InChI=1S/C20H15ClFN3O4S/c1-28-18(26)9-17-19(27)24-20(30-17)25-23-10-12-5-7-13(8-6-12)29-11-14-15(21)3-2-4-16(14)22/h2-10H,11H2,1H3,(H,24,25,27)/b17-9+,23-10?. The molecule has 0 bridgehead atoms. The van der Waals surface area contributed by atoms with Gasteiger partial charge in [0.05, 0.1) is 23.3 Å². The Balaban J connectivity index is 1.57. The molecule has 1 fully saturated rings. The topological polar surface area (TPSA) is 89.3 Å². The summed E-state index contributed by atoms with van der Waals surface area (Å²) < 4.78 is 23.8. The predicted octanol–water partition coefficient (Wildman–Crippen LogP) is 3.67. The minimum atomic E-state index is -0.628. The Hall–Kier alpha value is -3.17. The van der Waals surface area contributed by atoms with E-state index >= 15 is 0 Å². The summed E-state index contributed by atoms with van der Waals surface area (Å²) in [5.74, 6) is -0.964. The van der Waals surface area contributed by atoms with E-state index < -0.39 is 17.7 Å². The number of amidine groups is 1. The summed E-state index contributed by atoms with van der Waals surface area (Å²) in [5.41, 5.74) is 1.02. The first-order chi connectivity index (χ1) is 14.5. The molecule has 30 heavy (non-hydrogen) atoms. The van der Waals surface area contributed by atoms with Crippen molar-refractivity contribution in [3.8, 4) is 5.75 Å². The van der Waals surface area contributed by atoms with Crippen LogP contribution in [0.3, 0.4) is 0 Å². The molecule has 0 aromatic heterocycles. The van der Waals surface area contributed by atoms with Crippen molar-refractivity contribution in [2.45, 2.75) is 6.61 Å². The summed E-state index contributed by atoms with van der Waals surface area (Å²) in [4.78, 5) is 23.1. The summed E-state index contributed by atoms with van der Waals surface area (Å²) >= 11 is 6.96. The van der Waals surface area contributed by atoms with Gasteiger partial charge >= 0.3 is 5.97 Å². The fourth-order valence-corrected chi connectivity index (χ4v) is 3.22. The van der Waals surface area contributed by atoms with E-state index in [4.69, 9.17) is 16.3 Å². The molecule has 0 unspecified atom stereocenters. The highest BCUT2D eigenvalue weighted by Gasteiger charge is 2.24. The lowest BCUT2D eigenvalue weighted by Crippen LogP contribution is -2.19. The van der Waals surface area contributed by atoms with Crippen LogP contribution in [-0.2, 0) is 20.9 Å². The first-order valence-corrected chi connectivity index (χ1v) is 9.71. The van der Waals surface area contributed by atoms with Crippen molar-refractivity contribution >= 4 is 46.6 Å². The smallest absolute Gasteiger partial charge is 0.331 e. The van der Waals surface area contributed by atoms with E-state index in [0.717, 1.165) is 23.4 Å². The quantitative estimate of drug-likeness (QED) is 0.316. The molecule has 3 rings (SSSR count). The van der Waals surface area contributed by atoms with Crippen LogP contribution in [0.4, 0.5) is 4.39 Å². The van der Waals surface area contributed by atoms with Crippen LogP contribution < -0.4 is 10.1 Å². The number of amides is 1. The van der Waals surface area contributed by atoms with Gasteiger partial charge in [0.2, 0.25) is 0 Å². The molecule has 154 valence electrons. The van der Waals surface area contributed by atoms with Crippen molar-refractivity contribution < 1.29 is 23.5 Å². The summed E-state index contributed by atoms with van der Waals surface area (Å²) in [6.45, 7) is 0.00490. The molecule has 0 saturated carbocycles. The van der Waals surface area contributed by atoms with Gasteiger partial charge in [0.1, 0.15) is 18.2 Å². The van der Waals surface area contributed by atoms with Crippen molar-refractivity contribution in [1.29, 1.82) is 0 Å². The third kappa shape index (κ3) is 5.68. The van der Waals surface area contributed by atoms with Gasteiger partial charge in [0.15, 0.2) is 5.17 Å². The van der Waals surface area contributed by atoms with E-state index in [1.54, 1.807) is 30.3 Å². The highest BCUT2D eigenvalue weighted by atomic mass is 35.5. The molecule has 2 aromatic rings. The van der Waals surface area contributed by atoms with Crippen LogP contribution in [-0.4, -0.2) is 30.4 Å². The molecule has 0 atom stereocenters. The average molecular weight is 448 g/mol. The third-order valence-corrected chi connectivity index (χ3v) is 5.04. The average Bonchev–Trinajstić information content (AvgIpc) is 3.07. The molecule has 1 N–H and O–H groups in total. The Morgan fingerprint density at radius 2 is 2.03 bits per heavy atom. The van der Waals surface area contributed by atoms with Gasteiger partial charge in [-0.3, -0.25) is 10.1 Å². The largest absolute Gasteiger partial charge is 0.489 e. The van der Waals surface area contributed by atoms with E-state index in [1.807, 2.05) is 0 Å². The van der Waals surface area contributed by atoms with Gasteiger partial charge in [0, 0.05) is 11.6 Å². The lowest BCUT2D eigenvalue weighted by molar-refractivity contribution is -0.135. The van der Waals surface area contributed by atoms with Gasteiger partial charge in [-0.05, 0) is 53.7 Å². The Bertz CT molecular complexity index is 1030. The number of halogens is 2. The highest BCUT2D eigenvalue weighted by Crippen LogP contribution is 2.24. The zero-order valence-electron chi connectivity index (χ0n) is 15.6. The normalized spacial score (nSPS) is 16.3. The van der Waals surface area contributed by atoms with E-state index in [2.05, 4.69) is 20.3 Å². The number of carbonyl (C=O) groups is 2. The second-order valence-electron chi connectivity index (χ2n) is 5.80. The molecule has 2 aromatic carbocycles. The van der Waals surface area contributed by atoms with Gasteiger partial charge in [0.25, 0.3) is 5.91 Å². The molecule has 0 aliphatic carbocycles. The molecule has 0 radical (unpaired) electrons. The number of nitrogens with zero attached hydrogens (tertiary/aromatic N) is 2. The van der Waals surface area contributed by atoms with Crippen LogP contribution in [0.5, 0.6) is 5.75 Å². The van der Waals surface area contributed by atoms with Crippen molar-refractivity contribution in [2.24, 2.45) is 10.2 Å². The number of rotatable bonds is 6. The van der Waals surface area contributed by atoms with Gasteiger partial charge < -0.3 is 9.47 Å². The van der Waals surface area contributed by atoms with E-state index in [9.17, 15) is 14.0 Å². The number of benzene rings is 2. The van der Waals surface area contributed by atoms with Crippen molar-refractivity contribution in [1.82, 2.24) is 5.32 Å². The number of methoxy groups -OCH3 is 1. The second kappa shape index (κ2) is 10.0. The zero-order chi connectivity index (χ0) is 21.5. The Kier molecular flexibility index (Phi) is 7.21. The molecular weight excluding hydrogens is 433 g/mol. The SMILES string of the molecule is COC(=O)/C=C1/S/C(=N\N=Cc2ccc(OCc3c(F)cccc3Cl)cc2)NC1=O. The number of carbonyl (C=O) groups excluding carboxylic acids is 2. The van der Waals surface area contributed by atoms with Gasteiger partial charge in [-0.15, -0.1) is 5.10 Å². The minimum absolute atomic E-state index is 0.00490. The summed E-state index contributed by atoms with van der Waals surface area (Å²) in [6, 6.07) is 11.3. The lowest BCUT2D eigenvalue weighted by Gasteiger charge is -2.08. The molecule has 1 amide bonds. The molecule has 1 aliphatic rings. The number of hydrogen-bond donors (Lipinski definition) is 1. The molecule has 7 nitrogen and oxygen atoms in total. The predicted molar refractivity (Wildman–Crippen MR) is 113 cm³/mol. The first-order valence-electron chi connectivity index (χ1n) is 8.52. The Labute approximate surface area is 180 Å². The Morgan fingerprint density at radius 3 is 2.73 bits per heavy atom. The van der Waals surface area contributed by atoms with E-state index in [1.165, 1.54) is 25.5 Å². The molecule has 1 saturated heterocycles. The maximum atomic E-state index is 13.8. The van der Waals surface area contributed by atoms with Gasteiger partial charge in [-0.25, -0.2) is 9.18 Å². The lowest BCUT2D eigenvalue weighted by atomic mass is 10.2. The van der Waals surface area contributed by atoms with Gasteiger partial charge in [-0.2, -0.15) is 5.10 Å². The highest BCUT2D eigenvalue weighted by molar-refractivity contribution is 8.18. The number of thioether (sulfide) groups is 1. The van der Waals surface area contributed by atoms with Crippen LogP contribution >= 0.6 is 23.4 Å². The third-order valence-electron chi connectivity index (χ3n) is 3.78. The molecular formula is C20H15ClFN3O4S. The van der Waals surface area contributed by atoms with Crippen molar-refractivity contribution in [2.75, 3.05) is 7.11 Å². The summed E-state index contributed by atoms with van der Waals surface area (Å²) in [6.07, 6.45) is 2.57. The summed E-state index contributed by atoms with van der Waals surface area (Å²) in [7, 11) is 1.22. The van der Waals surface area contributed by atoms with Gasteiger partial charge in [-0.1, -0.05) is 17.7 Å². The van der Waals surface area contributed by atoms with Crippen molar-refractivity contribution in [3.05, 3.63) is 75.4 Å². The van der Waals surface area contributed by atoms with E-state index in [0.29, 0.717) is 10.8 Å². The fraction of sp³-hybridized carbons (Fsp3) is 0.100. The number of nitrogens with one attached hydrogen (secondary N) is 1. The molecule has 1 heterocycles. The second-order valence-corrected chi connectivity index (χ2v) is 7.23. The van der Waals surface area contributed by atoms with Crippen LogP contribution in [0.2, 0.25) is 5.02 Å². The fourth-order valence-electron chi connectivity index (χ4n) is 2.26. The maximum absolute atomic E-state index is 13.8. The maximum Gasteiger partial charge on any atom is 0.331 e. The number of esters is 1. The van der Waals surface area contributed by atoms with Crippen LogP contribution in [0.15, 0.2) is 63.6 Å². The van der Waals surface area contributed by atoms with Crippen molar-refractivity contribution in [3.63, 3.8) is 0 Å². The van der Waals surface area contributed by atoms with Crippen LogP contribution in [0, 0.1) is 5.82 Å². The molecule has 1 aliphatic heterocycles. The van der Waals surface area contributed by atoms with Crippen LogP contribution in [0.1, 0.15) is 11.1 Å². The zero-order valence-corrected chi connectivity index (χ0v) is 17.2. The van der Waals surface area contributed by atoms with Crippen LogP contribution in [0.25, 0.3) is 0 Å². The van der Waals surface area contributed by atoms with E-state index in [-0.39, 0.29) is 22.2 Å².